The first-order chi connectivity index (χ1) is 17.0. The van der Waals surface area contributed by atoms with Gasteiger partial charge >= 0.3 is 5.97 Å². The van der Waals surface area contributed by atoms with Crippen molar-refractivity contribution >= 4 is 5.97 Å². The average molecular weight is 479 g/mol. The average Bonchev–Trinajstić information content (AvgIpc) is 2.88. The number of aliphatic hydroxyl groups excluding tert-OH is 1. The topological polar surface area (TPSA) is 55.8 Å². The van der Waals surface area contributed by atoms with E-state index in [1.165, 1.54) is 56.9 Å². The van der Waals surface area contributed by atoms with Gasteiger partial charge in [-0.3, -0.25) is 0 Å². The van der Waals surface area contributed by atoms with Crippen LogP contribution in [-0.2, 0) is 16.0 Å². The molecule has 1 N–H and O–H groups in total. The number of hydrogen-bond donors (Lipinski definition) is 1. The van der Waals surface area contributed by atoms with E-state index < -0.39 is 5.97 Å². The maximum Gasteiger partial charge on any atom is 0.333 e. The van der Waals surface area contributed by atoms with E-state index >= 15 is 0 Å². The molecule has 0 amide bonds. The molecule has 0 aliphatic heterocycles. The number of ether oxygens (including phenoxy) is 2. The molecule has 4 heteroatoms. The van der Waals surface area contributed by atoms with Crippen LogP contribution in [0.5, 0.6) is 5.75 Å². The van der Waals surface area contributed by atoms with Crippen LogP contribution in [0.2, 0.25) is 0 Å². The molecule has 1 aliphatic rings. The number of hydrogen-bond acceptors (Lipinski definition) is 4. The molecule has 0 aromatic heterocycles. The molecule has 0 heterocycles. The van der Waals surface area contributed by atoms with Crippen molar-refractivity contribution in [3.8, 4) is 16.9 Å². The van der Waals surface area contributed by atoms with Crippen molar-refractivity contribution in [3.05, 3.63) is 65.7 Å². The summed E-state index contributed by atoms with van der Waals surface area (Å²) < 4.78 is 11.1. The molecule has 4 nitrogen and oxygen atoms in total. The molecule has 0 bridgehead atoms. The van der Waals surface area contributed by atoms with E-state index in [4.69, 9.17) is 9.47 Å². The number of carbonyl (C=O) groups excluding carboxylic acids is 1. The van der Waals surface area contributed by atoms with Crippen LogP contribution in [0.1, 0.15) is 82.3 Å². The van der Waals surface area contributed by atoms with E-state index in [1.54, 1.807) is 6.92 Å². The Bertz CT molecular complexity index is 939. The van der Waals surface area contributed by atoms with Crippen LogP contribution in [0.25, 0.3) is 11.1 Å². The zero-order valence-electron chi connectivity index (χ0n) is 21.6. The van der Waals surface area contributed by atoms with Gasteiger partial charge in [0.15, 0.2) is 0 Å². The van der Waals surface area contributed by atoms with E-state index in [0.717, 1.165) is 22.6 Å². The summed E-state index contributed by atoms with van der Waals surface area (Å²) in [6, 6.07) is 15.1. The highest BCUT2D eigenvalue weighted by Gasteiger charge is 2.22. The lowest BCUT2D eigenvalue weighted by Gasteiger charge is -2.29. The fourth-order valence-electron chi connectivity index (χ4n) is 5.02. The highest BCUT2D eigenvalue weighted by Crippen LogP contribution is 2.38. The molecule has 2 aromatic carbocycles. The van der Waals surface area contributed by atoms with Gasteiger partial charge in [-0.05, 0) is 79.2 Å². The van der Waals surface area contributed by atoms with E-state index in [2.05, 4.69) is 43.8 Å². The summed E-state index contributed by atoms with van der Waals surface area (Å²) >= 11 is 0. The van der Waals surface area contributed by atoms with Crippen molar-refractivity contribution in [1.82, 2.24) is 0 Å². The fraction of sp³-hybridized carbons (Fsp3) is 0.516. The maximum absolute atomic E-state index is 11.6. The predicted octanol–water partition coefficient (Wildman–Crippen LogP) is 7.24. The van der Waals surface area contributed by atoms with Gasteiger partial charge in [-0.2, -0.15) is 0 Å². The van der Waals surface area contributed by atoms with Crippen LogP contribution in [0.15, 0.2) is 54.6 Å². The van der Waals surface area contributed by atoms with Crippen molar-refractivity contribution in [2.45, 2.75) is 77.6 Å². The summed E-state index contributed by atoms with van der Waals surface area (Å²) in [5.41, 5.74) is 4.99. The number of aliphatic hydroxyl groups is 1. The Morgan fingerprint density at radius 2 is 1.71 bits per heavy atom. The van der Waals surface area contributed by atoms with Crippen LogP contribution >= 0.6 is 0 Å². The zero-order chi connectivity index (χ0) is 25.0. The molecule has 0 unspecified atom stereocenters. The van der Waals surface area contributed by atoms with Crippen molar-refractivity contribution < 1.29 is 19.4 Å². The Labute approximate surface area is 211 Å². The third-order valence-corrected chi connectivity index (χ3v) is 7.15. The van der Waals surface area contributed by atoms with Gasteiger partial charge in [0.1, 0.15) is 19.0 Å². The molecule has 190 valence electrons. The Kier molecular flexibility index (Phi) is 10.9. The number of rotatable bonds is 13. The fourth-order valence-corrected chi connectivity index (χ4v) is 5.02. The molecule has 1 aliphatic carbocycles. The Hall–Kier alpha value is -2.59. The second-order valence-electron chi connectivity index (χ2n) is 9.90. The number of benzene rings is 2. The third-order valence-electron chi connectivity index (χ3n) is 7.15. The molecule has 2 aromatic rings. The largest absolute Gasteiger partial charge is 0.490 e. The lowest BCUT2D eigenvalue weighted by molar-refractivity contribution is -0.139. The minimum atomic E-state index is -0.414. The molecular formula is C31H42O4. The summed E-state index contributed by atoms with van der Waals surface area (Å²) in [5.74, 6) is 1.91. The molecule has 0 radical (unpaired) electrons. The van der Waals surface area contributed by atoms with Gasteiger partial charge in [0.05, 0.1) is 0 Å². The second kappa shape index (κ2) is 14.1. The smallest absolute Gasteiger partial charge is 0.333 e. The van der Waals surface area contributed by atoms with Gasteiger partial charge in [-0.15, -0.1) is 0 Å². The quantitative estimate of drug-likeness (QED) is 0.187. The van der Waals surface area contributed by atoms with Crippen molar-refractivity contribution in [1.29, 1.82) is 0 Å². The molecule has 0 atom stereocenters. The van der Waals surface area contributed by atoms with E-state index in [1.807, 2.05) is 12.1 Å². The zero-order valence-corrected chi connectivity index (χ0v) is 21.6. The van der Waals surface area contributed by atoms with Crippen LogP contribution in [-0.4, -0.2) is 30.9 Å². The number of unbranched alkanes of at least 4 members (excludes halogenated alkanes) is 2. The summed E-state index contributed by atoms with van der Waals surface area (Å²) in [6.07, 6.45) is 11.3. The first kappa shape index (κ1) is 27.0. The normalized spacial score (nSPS) is 17.7. The molecule has 3 rings (SSSR count). The monoisotopic (exact) mass is 478 g/mol. The van der Waals surface area contributed by atoms with Crippen LogP contribution in [0.4, 0.5) is 0 Å². The summed E-state index contributed by atoms with van der Waals surface area (Å²) in [4.78, 5) is 11.6. The van der Waals surface area contributed by atoms with Crippen molar-refractivity contribution in [3.63, 3.8) is 0 Å². The van der Waals surface area contributed by atoms with Gasteiger partial charge in [-0.1, -0.05) is 75.6 Å². The number of esters is 1. The first-order valence-electron chi connectivity index (χ1n) is 13.3. The molecule has 1 fully saturated rings. The van der Waals surface area contributed by atoms with Crippen LogP contribution in [0.3, 0.4) is 0 Å². The summed E-state index contributed by atoms with van der Waals surface area (Å²) in [6.45, 7) is 7.95. The minimum absolute atomic E-state index is 0.0515. The molecule has 0 saturated heterocycles. The van der Waals surface area contributed by atoms with Crippen molar-refractivity contribution in [2.75, 3.05) is 19.8 Å². The van der Waals surface area contributed by atoms with Gasteiger partial charge in [0.25, 0.3) is 0 Å². The Balaban J connectivity index is 1.60. The van der Waals surface area contributed by atoms with Gasteiger partial charge in [0, 0.05) is 12.2 Å². The first-order valence-corrected chi connectivity index (χ1v) is 13.3. The molecular weight excluding hydrogens is 436 g/mol. The lowest BCUT2D eigenvalue weighted by atomic mass is 9.77. The SMILES string of the molecule is C=C(C)C(=O)OCCOc1cc(-c2ccc(C3CCC(CCCCC)CC3)cc2)ccc1CCO. The standard InChI is InChI=1S/C31H42O4/c1-4-5-6-7-24-8-10-25(11-9-24)26-12-14-27(15-13-26)29-17-16-28(18-19-32)30(22-29)34-20-21-35-31(33)23(2)3/h12-17,22,24-25,32H,2,4-11,18-21H2,1,3H3. The van der Waals surface area contributed by atoms with Crippen LogP contribution in [0, 0.1) is 5.92 Å². The second-order valence-corrected chi connectivity index (χ2v) is 9.90. The van der Waals surface area contributed by atoms with Crippen LogP contribution < -0.4 is 4.74 Å². The number of carbonyl (C=O) groups is 1. The summed E-state index contributed by atoms with van der Waals surface area (Å²) in [5, 5.41) is 9.43. The van der Waals surface area contributed by atoms with E-state index in [0.29, 0.717) is 23.7 Å². The highest BCUT2D eigenvalue weighted by atomic mass is 16.6. The molecule has 1 saturated carbocycles. The maximum atomic E-state index is 11.6. The minimum Gasteiger partial charge on any atom is -0.490 e. The Morgan fingerprint density at radius 1 is 1.00 bits per heavy atom. The third kappa shape index (κ3) is 8.24. The van der Waals surface area contributed by atoms with E-state index in [-0.39, 0.29) is 19.8 Å². The van der Waals surface area contributed by atoms with E-state index in [9.17, 15) is 9.90 Å². The highest BCUT2D eigenvalue weighted by molar-refractivity contribution is 5.86. The van der Waals surface area contributed by atoms with Gasteiger partial charge in [0.2, 0.25) is 0 Å². The molecule has 0 spiro atoms. The van der Waals surface area contributed by atoms with Gasteiger partial charge in [-0.25, -0.2) is 4.79 Å². The summed E-state index contributed by atoms with van der Waals surface area (Å²) in [7, 11) is 0. The Morgan fingerprint density at radius 3 is 2.37 bits per heavy atom. The molecule has 35 heavy (non-hydrogen) atoms. The van der Waals surface area contributed by atoms with Gasteiger partial charge < -0.3 is 14.6 Å². The lowest BCUT2D eigenvalue weighted by Crippen LogP contribution is -2.13. The predicted molar refractivity (Wildman–Crippen MR) is 143 cm³/mol. The van der Waals surface area contributed by atoms with Crippen molar-refractivity contribution in [2.24, 2.45) is 5.92 Å².